The maximum atomic E-state index is 13.6. The van der Waals surface area contributed by atoms with Crippen molar-refractivity contribution in [3.8, 4) is 5.95 Å². The van der Waals surface area contributed by atoms with Crippen LogP contribution in [0.1, 0.15) is 0 Å². The van der Waals surface area contributed by atoms with Crippen molar-refractivity contribution >= 4 is 23.2 Å². The first-order valence-electron chi connectivity index (χ1n) is 5.76. The molecule has 0 aliphatic heterocycles. The second-order valence-electron chi connectivity index (χ2n) is 3.90. The van der Waals surface area contributed by atoms with E-state index in [4.69, 9.17) is 11.6 Å². The third-order valence-electron chi connectivity index (χ3n) is 2.51. The van der Waals surface area contributed by atoms with Gasteiger partial charge in [-0.1, -0.05) is 6.07 Å². The average molecular weight is 309 g/mol. The number of anilines is 2. The summed E-state index contributed by atoms with van der Waals surface area (Å²) in [6.07, 6.45) is 3.13. The zero-order chi connectivity index (χ0) is 14.8. The van der Waals surface area contributed by atoms with Crippen LogP contribution in [0.5, 0.6) is 0 Å². The van der Waals surface area contributed by atoms with Gasteiger partial charge in [-0.15, -0.1) is 0 Å². The molecule has 2 heterocycles. The first-order chi connectivity index (χ1) is 10.1. The molecule has 0 saturated carbocycles. The number of halogens is 3. The Morgan fingerprint density at radius 1 is 1.05 bits per heavy atom. The third kappa shape index (κ3) is 2.79. The molecule has 1 aromatic carbocycles. The molecule has 6 nitrogen and oxygen atoms in total. The molecule has 2 aromatic heterocycles. The molecule has 3 rings (SSSR count). The Morgan fingerprint density at radius 2 is 1.81 bits per heavy atom. The monoisotopic (exact) mass is 308 g/mol. The van der Waals surface area contributed by atoms with Gasteiger partial charge in [0, 0.05) is 12.4 Å². The van der Waals surface area contributed by atoms with Crippen molar-refractivity contribution in [2.75, 3.05) is 5.32 Å². The largest absolute Gasteiger partial charge is 0.319 e. The molecule has 0 atom stereocenters. The number of nitrogens with one attached hydrogen (secondary N) is 1. The number of benzene rings is 1. The molecule has 0 radical (unpaired) electrons. The van der Waals surface area contributed by atoms with Crippen LogP contribution in [0, 0.1) is 11.6 Å². The van der Waals surface area contributed by atoms with E-state index in [1.165, 1.54) is 16.9 Å². The van der Waals surface area contributed by atoms with E-state index < -0.39 is 11.6 Å². The molecule has 0 unspecified atom stereocenters. The van der Waals surface area contributed by atoms with E-state index in [-0.39, 0.29) is 22.9 Å². The number of hydrogen-bond acceptors (Lipinski definition) is 5. The van der Waals surface area contributed by atoms with Gasteiger partial charge in [-0.3, -0.25) is 0 Å². The van der Waals surface area contributed by atoms with Crippen LogP contribution in [0.25, 0.3) is 5.95 Å². The van der Waals surface area contributed by atoms with Crippen molar-refractivity contribution < 1.29 is 8.78 Å². The molecule has 21 heavy (non-hydrogen) atoms. The van der Waals surface area contributed by atoms with Crippen LogP contribution in [0.2, 0.25) is 5.28 Å². The van der Waals surface area contributed by atoms with Crippen molar-refractivity contribution in [2.45, 2.75) is 0 Å². The quantitative estimate of drug-likeness (QED) is 0.805. The Hall–Kier alpha value is -2.61. The van der Waals surface area contributed by atoms with Crippen molar-refractivity contribution in [1.82, 2.24) is 24.7 Å². The van der Waals surface area contributed by atoms with E-state index in [2.05, 4.69) is 25.4 Å². The molecular weight excluding hydrogens is 302 g/mol. The highest BCUT2D eigenvalue weighted by Crippen LogP contribution is 2.22. The molecule has 1 N–H and O–H groups in total. The SMILES string of the molecule is Fc1cccc(F)c1Nc1nc(Cl)nc(-n2cccn2)n1. The Labute approximate surface area is 122 Å². The highest BCUT2D eigenvalue weighted by atomic mass is 35.5. The molecule has 0 amide bonds. The molecule has 0 saturated heterocycles. The summed E-state index contributed by atoms with van der Waals surface area (Å²) >= 11 is 5.78. The fraction of sp³-hybridized carbons (Fsp3) is 0. The summed E-state index contributed by atoms with van der Waals surface area (Å²) in [6.45, 7) is 0. The fourth-order valence-corrected chi connectivity index (χ4v) is 1.77. The summed E-state index contributed by atoms with van der Waals surface area (Å²) in [5, 5.41) is 6.26. The fourth-order valence-electron chi connectivity index (χ4n) is 1.61. The van der Waals surface area contributed by atoms with Gasteiger partial charge in [0.05, 0.1) is 0 Å². The number of aromatic nitrogens is 5. The lowest BCUT2D eigenvalue weighted by Gasteiger charge is -2.08. The maximum absolute atomic E-state index is 13.6. The number of rotatable bonds is 3. The number of nitrogens with zero attached hydrogens (tertiary/aromatic N) is 5. The van der Waals surface area contributed by atoms with E-state index >= 15 is 0 Å². The smallest absolute Gasteiger partial charge is 0.256 e. The summed E-state index contributed by atoms with van der Waals surface area (Å²) in [5.74, 6) is -1.51. The van der Waals surface area contributed by atoms with Crippen molar-refractivity contribution in [2.24, 2.45) is 0 Å². The molecule has 0 aliphatic carbocycles. The van der Waals surface area contributed by atoms with Crippen LogP contribution in [-0.2, 0) is 0 Å². The highest BCUT2D eigenvalue weighted by Gasteiger charge is 2.12. The highest BCUT2D eigenvalue weighted by molar-refractivity contribution is 6.28. The van der Waals surface area contributed by atoms with Crippen molar-refractivity contribution in [3.05, 3.63) is 53.6 Å². The molecule has 106 valence electrons. The van der Waals surface area contributed by atoms with Crippen LogP contribution >= 0.6 is 11.6 Å². The van der Waals surface area contributed by atoms with Gasteiger partial charge in [-0.2, -0.15) is 20.1 Å². The second-order valence-corrected chi connectivity index (χ2v) is 4.24. The van der Waals surface area contributed by atoms with E-state index in [0.717, 1.165) is 12.1 Å². The van der Waals surface area contributed by atoms with Crippen LogP contribution < -0.4 is 5.32 Å². The van der Waals surface area contributed by atoms with Gasteiger partial charge in [0.25, 0.3) is 5.95 Å². The summed E-state index contributed by atoms with van der Waals surface area (Å²) < 4.78 is 28.5. The first kappa shape index (κ1) is 13.4. The lowest BCUT2D eigenvalue weighted by Crippen LogP contribution is -2.08. The van der Waals surface area contributed by atoms with Gasteiger partial charge in [0.1, 0.15) is 17.3 Å². The molecule has 0 aliphatic rings. The van der Waals surface area contributed by atoms with Gasteiger partial charge in [0.2, 0.25) is 11.2 Å². The topological polar surface area (TPSA) is 68.5 Å². The molecule has 9 heteroatoms. The van der Waals surface area contributed by atoms with Crippen LogP contribution in [-0.4, -0.2) is 24.7 Å². The Kier molecular flexibility index (Phi) is 3.44. The average Bonchev–Trinajstić information content (AvgIpc) is 2.97. The maximum Gasteiger partial charge on any atom is 0.256 e. The van der Waals surface area contributed by atoms with Crippen LogP contribution in [0.3, 0.4) is 0 Å². The molecule has 3 aromatic rings. The molecular formula is C12H7ClF2N6. The van der Waals surface area contributed by atoms with Crippen LogP contribution in [0.15, 0.2) is 36.7 Å². The Morgan fingerprint density at radius 3 is 2.48 bits per heavy atom. The Balaban J connectivity index is 2.00. The zero-order valence-electron chi connectivity index (χ0n) is 10.3. The summed E-state index contributed by atoms with van der Waals surface area (Å²) in [5.41, 5.74) is -0.369. The van der Waals surface area contributed by atoms with Gasteiger partial charge in [-0.05, 0) is 29.8 Å². The van der Waals surface area contributed by atoms with Crippen molar-refractivity contribution in [3.63, 3.8) is 0 Å². The number of hydrogen-bond donors (Lipinski definition) is 1. The minimum absolute atomic E-state index is 0.0931. The minimum atomic E-state index is -0.771. The third-order valence-corrected chi connectivity index (χ3v) is 2.67. The molecule has 0 bridgehead atoms. The predicted molar refractivity (Wildman–Crippen MR) is 71.6 cm³/mol. The van der Waals surface area contributed by atoms with Gasteiger partial charge in [-0.25, -0.2) is 13.5 Å². The lowest BCUT2D eigenvalue weighted by molar-refractivity contribution is 0.590. The number of para-hydroxylation sites is 1. The molecule has 0 spiro atoms. The lowest BCUT2D eigenvalue weighted by atomic mass is 10.3. The first-order valence-corrected chi connectivity index (χ1v) is 6.14. The van der Waals surface area contributed by atoms with Gasteiger partial charge < -0.3 is 5.32 Å². The van der Waals surface area contributed by atoms with E-state index in [1.807, 2.05) is 0 Å². The van der Waals surface area contributed by atoms with E-state index in [0.29, 0.717) is 0 Å². The second kappa shape index (κ2) is 5.41. The summed E-state index contributed by atoms with van der Waals surface area (Å²) in [4.78, 5) is 11.7. The normalized spacial score (nSPS) is 10.6. The van der Waals surface area contributed by atoms with E-state index in [9.17, 15) is 8.78 Å². The molecule has 0 fully saturated rings. The summed E-state index contributed by atoms with van der Waals surface area (Å²) in [7, 11) is 0. The van der Waals surface area contributed by atoms with Gasteiger partial charge >= 0.3 is 0 Å². The minimum Gasteiger partial charge on any atom is -0.319 e. The van der Waals surface area contributed by atoms with E-state index in [1.54, 1.807) is 12.3 Å². The Bertz CT molecular complexity index is 757. The predicted octanol–water partition coefficient (Wildman–Crippen LogP) is 2.73. The zero-order valence-corrected chi connectivity index (χ0v) is 11.1. The van der Waals surface area contributed by atoms with Crippen LogP contribution in [0.4, 0.5) is 20.4 Å². The summed E-state index contributed by atoms with van der Waals surface area (Å²) in [6, 6.07) is 5.15. The van der Waals surface area contributed by atoms with Crippen molar-refractivity contribution in [1.29, 1.82) is 0 Å². The van der Waals surface area contributed by atoms with Gasteiger partial charge in [0.15, 0.2) is 0 Å². The standard InChI is InChI=1S/C12H7ClF2N6/c13-10-18-11(17-9-7(14)3-1-4-8(9)15)20-12(19-10)21-6-2-5-16-21/h1-6H,(H,17,18,19,20).